The van der Waals surface area contributed by atoms with Crippen molar-refractivity contribution in [2.24, 2.45) is 0 Å². The molecule has 1 fully saturated rings. The lowest BCUT2D eigenvalue weighted by molar-refractivity contribution is -0.161. The smallest absolute Gasteiger partial charge is 0.254 e. The van der Waals surface area contributed by atoms with Crippen LogP contribution in [-0.4, -0.2) is 44.8 Å². The Kier molecular flexibility index (Phi) is 4.75. The lowest BCUT2D eigenvalue weighted by Gasteiger charge is -2.35. The maximum absolute atomic E-state index is 12.6. The van der Waals surface area contributed by atoms with Crippen molar-refractivity contribution in [3.8, 4) is 0 Å². The molecule has 1 aliphatic heterocycles. The van der Waals surface area contributed by atoms with Gasteiger partial charge in [-0.1, -0.05) is 6.92 Å². The number of ether oxygens (including phenoxy) is 1. The summed E-state index contributed by atoms with van der Waals surface area (Å²) in [6, 6.07) is 0. The van der Waals surface area contributed by atoms with Crippen molar-refractivity contribution < 1.29 is 9.53 Å². The van der Waals surface area contributed by atoms with Crippen molar-refractivity contribution >= 4 is 5.91 Å². The van der Waals surface area contributed by atoms with Crippen LogP contribution in [0.4, 0.5) is 0 Å². The number of rotatable bonds is 5. The molecule has 0 N–H and O–H groups in total. The molecular formula is C14H24N4O2. The summed E-state index contributed by atoms with van der Waals surface area (Å²) < 4.78 is 7.71. The van der Waals surface area contributed by atoms with E-state index in [1.165, 1.54) is 0 Å². The van der Waals surface area contributed by atoms with Gasteiger partial charge in [0.15, 0.2) is 5.82 Å². The lowest BCUT2D eigenvalue weighted by atomic mass is 9.94. The van der Waals surface area contributed by atoms with Crippen LogP contribution in [0.2, 0.25) is 0 Å². The van der Waals surface area contributed by atoms with E-state index in [2.05, 4.69) is 17.1 Å². The maximum atomic E-state index is 12.6. The molecular weight excluding hydrogens is 256 g/mol. The number of carbonyl (C=O) groups excluding carboxylic acids is 1. The molecule has 112 valence electrons. The highest BCUT2D eigenvalue weighted by Crippen LogP contribution is 2.26. The number of hydrogen-bond donors (Lipinski definition) is 0. The fourth-order valence-corrected chi connectivity index (χ4v) is 2.62. The van der Waals surface area contributed by atoms with Crippen molar-refractivity contribution in [3.05, 3.63) is 12.2 Å². The van der Waals surface area contributed by atoms with Crippen LogP contribution in [0.5, 0.6) is 0 Å². The first-order valence-electron chi connectivity index (χ1n) is 7.33. The lowest BCUT2D eigenvalue weighted by Crippen LogP contribution is -2.49. The van der Waals surface area contributed by atoms with E-state index in [9.17, 15) is 4.79 Å². The molecule has 1 amide bonds. The molecule has 0 unspecified atom stereocenters. The van der Waals surface area contributed by atoms with E-state index in [0.717, 1.165) is 38.1 Å². The average Bonchev–Trinajstić information content (AvgIpc) is 2.86. The fraction of sp³-hybridized carbons (Fsp3) is 0.786. The van der Waals surface area contributed by atoms with E-state index in [1.54, 1.807) is 18.3 Å². The van der Waals surface area contributed by atoms with Crippen molar-refractivity contribution in [3.63, 3.8) is 0 Å². The quantitative estimate of drug-likeness (QED) is 0.822. The molecule has 0 saturated carbocycles. The van der Waals surface area contributed by atoms with Crippen LogP contribution in [0.15, 0.2) is 6.33 Å². The molecule has 6 nitrogen and oxygen atoms in total. The van der Waals surface area contributed by atoms with Crippen LogP contribution in [0.1, 0.15) is 45.4 Å². The van der Waals surface area contributed by atoms with Gasteiger partial charge in [0.1, 0.15) is 11.9 Å². The topological polar surface area (TPSA) is 60.2 Å². The average molecular weight is 280 g/mol. The molecule has 1 atom stereocenters. The Bertz CT molecular complexity index is 452. The molecule has 6 heteroatoms. The number of carbonyl (C=O) groups is 1. The highest BCUT2D eigenvalue weighted by Gasteiger charge is 2.38. The van der Waals surface area contributed by atoms with E-state index in [4.69, 9.17) is 4.74 Å². The maximum Gasteiger partial charge on any atom is 0.254 e. The third-order valence-electron chi connectivity index (χ3n) is 3.81. The van der Waals surface area contributed by atoms with E-state index in [1.807, 2.05) is 11.5 Å². The van der Waals surface area contributed by atoms with Gasteiger partial charge in [-0.2, -0.15) is 0 Å². The Morgan fingerprint density at radius 2 is 2.35 bits per heavy atom. The molecule has 2 rings (SSSR count). The molecule has 0 bridgehead atoms. The van der Waals surface area contributed by atoms with Crippen molar-refractivity contribution in [2.45, 2.75) is 58.2 Å². The molecule has 1 aromatic rings. The first kappa shape index (κ1) is 15.0. The summed E-state index contributed by atoms with van der Waals surface area (Å²) in [4.78, 5) is 14.3. The van der Waals surface area contributed by atoms with Crippen LogP contribution >= 0.6 is 0 Å². The van der Waals surface area contributed by atoms with Gasteiger partial charge in [-0.3, -0.25) is 4.79 Å². The molecule has 0 aliphatic carbocycles. The number of amides is 1. The first-order chi connectivity index (χ1) is 9.57. The third-order valence-corrected chi connectivity index (χ3v) is 3.81. The number of aromatic nitrogens is 3. The first-order valence-corrected chi connectivity index (χ1v) is 7.33. The Hall–Kier alpha value is -1.43. The van der Waals surface area contributed by atoms with E-state index in [-0.39, 0.29) is 5.91 Å². The highest BCUT2D eigenvalue weighted by molar-refractivity contribution is 5.84. The highest BCUT2D eigenvalue weighted by atomic mass is 16.5. The Labute approximate surface area is 120 Å². The predicted octanol–water partition coefficient (Wildman–Crippen LogP) is 1.61. The molecule has 1 saturated heterocycles. The summed E-state index contributed by atoms with van der Waals surface area (Å²) in [6.45, 7) is 6.01. The second-order valence-corrected chi connectivity index (χ2v) is 5.64. The van der Waals surface area contributed by atoms with Gasteiger partial charge in [-0.05, 0) is 32.6 Å². The molecule has 0 aromatic carbocycles. The van der Waals surface area contributed by atoms with Crippen LogP contribution in [0.3, 0.4) is 0 Å². The normalized spacial score (nSPS) is 22.8. The van der Waals surface area contributed by atoms with Crippen LogP contribution in [-0.2, 0) is 22.6 Å². The molecule has 1 aromatic heterocycles. The molecule has 0 radical (unpaired) electrons. The van der Waals surface area contributed by atoms with Crippen LogP contribution in [0.25, 0.3) is 0 Å². The predicted molar refractivity (Wildman–Crippen MR) is 75.0 cm³/mol. The van der Waals surface area contributed by atoms with Gasteiger partial charge in [-0.25, -0.2) is 0 Å². The summed E-state index contributed by atoms with van der Waals surface area (Å²) in [5, 5.41) is 8.03. The second-order valence-electron chi connectivity index (χ2n) is 5.64. The van der Waals surface area contributed by atoms with Gasteiger partial charge < -0.3 is 14.2 Å². The monoisotopic (exact) mass is 280 g/mol. The van der Waals surface area contributed by atoms with Gasteiger partial charge in [0.25, 0.3) is 5.91 Å². The van der Waals surface area contributed by atoms with Gasteiger partial charge in [0.2, 0.25) is 0 Å². The Morgan fingerprint density at radius 1 is 1.55 bits per heavy atom. The minimum atomic E-state index is -0.678. The second kappa shape index (κ2) is 6.35. The summed E-state index contributed by atoms with van der Waals surface area (Å²) in [5.41, 5.74) is -0.678. The van der Waals surface area contributed by atoms with Crippen LogP contribution in [0, 0.1) is 0 Å². The van der Waals surface area contributed by atoms with Gasteiger partial charge in [0.05, 0.1) is 6.54 Å². The number of likely N-dealkylation sites (N-methyl/N-ethyl adjacent to an activating group) is 1. The summed E-state index contributed by atoms with van der Waals surface area (Å²) in [6.07, 6.45) is 5.61. The Balaban J connectivity index is 2.01. The van der Waals surface area contributed by atoms with Gasteiger partial charge in [0, 0.05) is 20.2 Å². The Morgan fingerprint density at radius 3 is 3.00 bits per heavy atom. The van der Waals surface area contributed by atoms with Crippen molar-refractivity contribution in [1.82, 2.24) is 19.7 Å². The largest absolute Gasteiger partial charge is 0.365 e. The third kappa shape index (κ3) is 3.17. The zero-order chi connectivity index (χ0) is 14.6. The molecule has 20 heavy (non-hydrogen) atoms. The summed E-state index contributed by atoms with van der Waals surface area (Å²) in [7, 11) is 1.80. The van der Waals surface area contributed by atoms with Crippen LogP contribution < -0.4 is 0 Å². The zero-order valence-electron chi connectivity index (χ0n) is 12.6. The summed E-state index contributed by atoms with van der Waals surface area (Å²) in [5.74, 6) is 0.852. The zero-order valence-corrected chi connectivity index (χ0v) is 12.6. The van der Waals surface area contributed by atoms with Gasteiger partial charge in [-0.15, -0.1) is 10.2 Å². The van der Waals surface area contributed by atoms with E-state index < -0.39 is 5.60 Å². The number of nitrogens with zero attached hydrogens (tertiary/aromatic N) is 4. The van der Waals surface area contributed by atoms with Crippen molar-refractivity contribution in [1.29, 1.82) is 0 Å². The van der Waals surface area contributed by atoms with E-state index >= 15 is 0 Å². The standard InChI is InChI=1S/C14H24N4O2/c1-4-8-18-11-15-16-12(18)10-17(3)13(19)14(2)7-5-6-9-20-14/h11H,4-10H2,1-3H3/t14-/m1/s1. The minimum Gasteiger partial charge on any atom is -0.365 e. The molecule has 1 aliphatic rings. The number of aryl methyl sites for hydroxylation is 1. The minimum absolute atomic E-state index is 0.0308. The number of hydrogen-bond acceptors (Lipinski definition) is 4. The van der Waals surface area contributed by atoms with E-state index in [0.29, 0.717) is 13.2 Å². The molecule has 2 heterocycles. The summed E-state index contributed by atoms with van der Waals surface area (Å²) >= 11 is 0. The van der Waals surface area contributed by atoms with Gasteiger partial charge >= 0.3 is 0 Å². The SMILES string of the molecule is CCCn1cnnc1CN(C)C(=O)[C@@]1(C)CCCCO1. The van der Waals surface area contributed by atoms with Crippen molar-refractivity contribution in [2.75, 3.05) is 13.7 Å². The molecule has 0 spiro atoms. The fourth-order valence-electron chi connectivity index (χ4n) is 2.62.